The number of amides is 1. The number of carbonyl (C=O) groups is 1. The van der Waals surface area contributed by atoms with Crippen LogP contribution in [0.25, 0.3) is 10.2 Å². The van der Waals surface area contributed by atoms with Crippen LogP contribution < -0.4 is 5.32 Å². The number of aromatic nitrogens is 1. The predicted molar refractivity (Wildman–Crippen MR) is 78.4 cm³/mol. The van der Waals surface area contributed by atoms with Crippen molar-refractivity contribution >= 4 is 27.5 Å². The summed E-state index contributed by atoms with van der Waals surface area (Å²) in [6.45, 7) is 0.185. The van der Waals surface area contributed by atoms with Gasteiger partial charge in [-0.05, 0) is 23.6 Å². The van der Waals surface area contributed by atoms with Crippen molar-refractivity contribution in [3.05, 3.63) is 58.9 Å². The normalized spacial score (nSPS) is 10.9. The average molecular weight is 288 g/mol. The molecule has 2 heterocycles. The fraction of sp³-hybridized carbons (Fsp3) is 0.133. The van der Waals surface area contributed by atoms with Crippen molar-refractivity contribution in [1.82, 2.24) is 9.88 Å². The van der Waals surface area contributed by atoms with Crippen LogP contribution in [0.4, 0.5) is 4.39 Å². The van der Waals surface area contributed by atoms with Crippen molar-refractivity contribution in [3.63, 3.8) is 0 Å². The maximum Gasteiger partial charge on any atom is 0.268 e. The first-order valence-electron chi connectivity index (χ1n) is 6.21. The molecule has 3 aromatic rings. The first kappa shape index (κ1) is 12.9. The van der Waals surface area contributed by atoms with Gasteiger partial charge >= 0.3 is 0 Å². The van der Waals surface area contributed by atoms with Gasteiger partial charge < -0.3 is 9.88 Å². The van der Waals surface area contributed by atoms with Crippen LogP contribution in [0.15, 0.2) is 41.8 Å². The van der Waals surface area contributed by atoms with Gasteiger partial charge in [0.25, 0.3) is 5.91 Å². The van der Waals surface area contributed by atoms with Gasteiger partial charge in [0.05, 0.1) is 10.2 Å². The van der Waals surface area contributed by atoms with Gasteiger partial charge in [0.2, 0.25) is 0 Å². The van der Waals surface area contributed by atoms with Gasteiger partial charge in [-0.3, -0.25) is 4.79 Å². The topological polar surface area (TPSA) is 34.0 Å². The zero-order valence-electron chi connectivity index (χ0n) is 10.9. The average Bonchev–Trinajstić information content (AvgIpc) is 3.01. The number of halogens is 1. The molecule has 0 bridgehead atoms. The Hall–Kier alpha value is -2.14. The maximum atomic E-state index is 13.5. The van der Waals surface area contributed by atoms with Crippen LogP contribution in [0.3, 0.4) is 0 Å². The minimum atomic E-state index is -0.305. The molecule has 5 heteroatoms. The Morgan fingerprint density at radius 1 is 1.35 bits per heavy atom. The van der Waals surface area contributed by atoms with Gasteiger partial charge in [-0.25, -0.2) is 4.39 Å². The highest BCUT2D eigenvalue weighted by molar-refractivity contribution is 7.17. The molecule has 0 spiro atoms. The Balaban J connectivity index is 1.78. The van der Waals surface area contributed by atoms with E-state index >= 15 is 0 Å². The Morgan fingerprint density at radius 3 is 2.90 bits per heavy atom. The molecular weight excluding hydrogens is 275 g/mol. The van der Waals surface area contributed by atoms with Crippen LogP contribution in [-0.2, 0) is 13.6 Å². The number of rotatable bonds is 3. The van der Waals surface area contributed by atoms with Crippen molar-refractivity contribution in [2.45, 2.75) is 6.54 Å². The molecule has 3 nitrogen and oxygen atoms in total. The molecule has 0 atom stereocenters. The summed E-state index contributed by atoms with van der Waals surface area (Å²) in [5.74, 6) is -0.500. The number of nitrogens with zero attached hydrogens (tertiary/aromatic N) is 1. The molecule has 0 aliphatic carbocycles. The number of hydrogen-bond acceptors (Lipinski definition) is 2. The third kappa shape index (κ3) is 2.20. The number of benzene rings is 1. The van der Waals surface area contributed by atoms with E-state index in [-0.39, 0.29) is 18.3 Å². The van der Waals surface area contributed by atoms with Gasteiger partial charge in [0.1, 0.15) is 11.5 Å². The van der Waals surface area contributed by atoms with E-state index in [0.717, 1.165) is 10.2 Å². The molecule has 0 saturated carbocycles. The molecule has 0 aliphatic rings. The number of aryl methyl sites for hydroxylation is 1. The van der Waals surface area contributed by atoms with Crippen LogP contribution in [0.2, 0.25) is 0 Å². The standard InChI is InChI=1S/C15H13FN2OS/c1-18-12-6-7-20-14(12)8-13(18)15(19)17-9-10-4-2-3-5-11(10)16/h2-8H,9H2,1H3,(H,17,19). The second-order valence-electron chi connectivity index (χ2n) is 4.53. The van der Waals surface area contributed by atoms with E-state index in [1.165, 1.54) is 6.07 Å². The lowest BCUT2D eigenvalue weighted by atomic mass is 10.2. The Morgan fingerprint density at radius 2 is 2.15 bits per heavy atom. The molecule has 0 fully saturated rings. The zero-order valence-corrected chi connectivity index (χ0v) is 11.7. The van der Waals surface area contributed by atoms with Crippen LogP contribution >= 0.6 is 11.3 Å². The lowest BCUT2D eigenvalue weighted by molar-refractivity contribution is 0.0943. The van der Waals surface area contributed by atoms with Gasteiger partial charge in [-0.1, -0.05) is 18.2 Å². The van der Waals surface area contributed by atoms with Gasteiger partial charge in [-0.2, -0.15) is 0 Å². The van der Waals surface area contributed by atoms with E-state index in [1.54, 1.807) is 29.5 Å². The number of carbonyl (C=O) groups excluding carboxylic acids is 1. The van der Waals surface area contributed by atoms with Crippen molar-refractivity contribution in [2.24, 2.45) is 7.05 Å². The van der Waals surface area contributed by atoms with Crippen molar-refractivity contribution in [3.8, 4) is 0 Å². The summed E-state index contributed by atoms with van der Waals surface area (Å²) in [5.41, 5.74) is 2.10. The lowest BCUT2D eigenvalue weighted by Crippen LogP contribution is -2.25. The Bertz CT molecular complexity index is 775. The second kappa shape index (κ2) is 5.09. The molecule has 2 aromatic heterocycles. The molecule has 3 rings (SSSR count). The first-order valence-corrected chi connectivity index (χ1v) is 7.09. The highest BCUT2D eigenvalue weighted by Gasteiger charge is 2.14. The van der Waals surface area contributed by atoms with Crippen molar-refractivity contribution in [2.75, 3.05) is 0 Å². The third-order valence-electron chi connectivity index (χ3n) is 3.29. The maximum absolute atomic E-state index is 13.5. The summed E-state index contributed by atoms with van der Waals surface area (Å²) >= 11 is 1.60. The van der Waals surface area contributed by atoms with E-state index in [1.807, 2.05) is 29.1 Å². The smallest absolute Gasteiger partial charge is 0.268 e. The number of nitrogens with one attached hydrogen (secondary N) is 1. The molecule has 0 saturated heterocycles. The molecule has 0 aliphatic heterocycles. The summed E-state index contributed by atoms with van der Waals surface area (Å²) < 4.78 is 16.4. The molecule has 102 valence electrons. The molecule has 1 aromatic carbocycles. The highest BCUT2D eigenvalue weighted by Crippen LogP contribution is 2.24. The monoisotopic (exact) mass is 288 g/mol. The van der Waals surface area contributed by atoms with E-state index in [9.17, 15) is 9.18 Å². The summed E-state index contributed by atoms with van der Waals surface area (Å²) in [4.78, 5) is 12.2. The first-order chi connectivity index (χ1) is 9.66. The van der Waals surface area contributed by atoms with Crippen molar-refractivity contribution < 1.29 is 9.18 Å². The van der Waals surface area contributed by atoms with E-state index in [4.69, 9.17) is 0 Å². The minimum absolute atomic E-state index is 0.185. The van der Waals surface area contributed by atoms with Gasteiger partial charge in [0, 0.05) is 19.2 Å². The summed E-state index contributed by atoms with van der Waals surface area (Å²) in [6.07, 6.45) is 0. The van der Waals surface area contributed by atoms with Gasteiger partial charge in [-0.15, -0.1) is 11.3 Å². The van der Waals surface area contributed by atoms with Crippen LogP contribution in [-0.4, -0.2) is 10.5 Å². The number of hydrogen-bond donors (Lipinski definition) is 1. The molecular formula is C15H13FN2OS. The zero-order chi connectivity index (χ0) is 14.1. The number of fused-ring (bicyclic) bond motifs is 1. The van der Waals surface area contributed by atoms with Crippen LogP contribution in [0, 0.1) is 5.82 Å². The molecule has 1 N–H and O–H groups in total. The van der Waals surface area contributed by atoms with Gasteiger partial charge in [0.15, 0.2) is 0 Å². The highest BCUT2D eigenvalue weighted by atomic mass is 32.1. The molecule has 0 radical (unpaired) electrons. The fourth-order valence-electron chi connectivity index (χ4n) is 2.18. The summed E-state index contributed by atoms with van der Waals surface area (Å²) in [7, 11) is 1.85. The van der Waals surface area contributed by atoms with Crippen LogP contribution in [0.5, 0.6) is 0 Å². The predicted octanol–water partition coefficient (Wildman–Crippen LogP) is 3.31. The van der Waals surface area contributed by atoms with E-state index in [2.05, 4.69) is 5.32 Å². The Kier molecular flexibility index (Phi) is 3.28. The quantitative estimate of drug-likeness (QED) is 0.788. The van der Waals surface area contributed by atoms with E-state index < -0.39 is 0 Å². The Labute approximate surface area is 119 Å². The summed E-state index contributed by atoms with van der Waals surface area (Å²) in [6, 6.07) is 10.3. The van der Waals surface area contributed by atoms with E-state index in [0.29, 0.717) is 11.3 Å². The molecule has 1 amide bonds. The molecule has 20 heavy (non-hydrogen) atoms. The van der Waals surface area contributed by atoms with Crippen molar-refractivity contribution in [1.29, 1.82) is 0 Å². The fourth-order valence-corrected chi connectivity index (χ4v) is 3.02. The summed E-state index contributed by atoms with van der Waals surface area (Å²) in [5, 5.41) is 4.74. The SMILES string of the molecule is Cn1c(C(=O)NCc2ccccc2F)cc2sccc21. The van der Waals surface area contributed by atoms with Crippen LogP contribution in [0.1, 0.15) is 16.1 Å². The third-order valence-corrected chi connectivity index (χ3v) is 4.15. The number of thiophene rings is 1. The second-order valence-corrected chi connectivity index (χ2v) is 5.48. The molecule has 0 unspecified atom stereocenters. The largest absolute Gasteiger partial charge is 0.347 e. The lowest BCUT2D eigenvalue weighted by Gasteiger charge is -2.07. The minimum Gasteiger partial charge on any atom is -0.347 e.